The van der Waals surface area contributed by atoms with Crippen molar-refractivity contribution in [2.45, 2.75) is 20.1 Å². The molecule has 0 saturated carbocycles. The Hall–Kier alpha value is -1.17. The average molecular weight is 419 g/mol. The van der Waals surface area contributed by atoms with Gasteiger partial charge in [0.2, 0.25) is 0 Å². The van der Waals surface area contributed by atoms with Gasteiger partial charge in [0.05, 0.1) is 23.3 Å². The Morgan fingerprint density at radius 2 is 1.69 bits per heavy atom. The van der Waals surface area contributed by atoms with E-state index in [0.717, 1.165) is 17.7 Å². The van der Waals surface area contributed by atoms with Crippen molar-refractivity contribution < 1.29 is 14.2 Å². The van der Waals surface area contributed by atoms with E-state index in [1.54, 1.807) is 25.3 Å². The zero-order valence-corrected chi connectivity index (χ0v) is 17.0. The largest absolute Gasteiger partial charge is 0.490 e. The summed E-state index contributed by atoms with van der Waals surface area (Å²) in [6, 6.07) is 9.06. The van der Waals surface area contributed by atoms with Crippen LogP contribution in [0.15, 0.2) is 30.3 Å². The summed E-state index contributed by atoms with van der Waals surface area (Å²) in [5, 5.41) is 4.89. The number of hydrogen-bond acceptors (Lipinski definition) is 4. The highest BCUT2D eigenvalue weighted by molar-refractivity contribution is 6.42. The minimum Gasteiger partial charge on any atom is -0.490 e. The van der Waals surface area contributed by atoms with E-state index in [1.807, 2.05) is 19.1 Å². The summed E-state index contributed by atoms with van der Waals surface area (Å²) < 4.78 is 16.6. The number of ether oxygens (including phenoxy) is 3. The van der Waals surface area contributed by atoms with Crippen molar-refractivity contribution in [1.29, 1.82) is 0 Å². The number of halogens is 3. The van der Waals surface area contributed by atoms with Crippen LogP contribution in [-0.2, 0) is 17.9 Å². The first-order chi connectivity index (χ1) is 12.5. The molecule has 0 atom stereocenters. The molecule has 2 aromatic carbocycles. The van der Waals surface area contributed by atoms with Crippen LogP contribution in [0.5, 0.6) is 11.5 Å². The Morgan fingerprint density at radius 3 is 2.38 bits per heavy atom. The lowest BCUT2D eigenvalue weighted by Crippen LogP contribution is -2.18. The van der Waals surface area contributed by atoms with Crippen LogP contribution < -0.4 is 14.8 Å². The van der Waals surface area contributed by atoms with E-state index in [2.05, 4.69) is 5.32 Å². The van der Waals surface area contributed by atoms with Gasteiger partial charge in [0, 0.05) is 31.3 Å². The number of hydrogen-bond donors (Lipinski definition) is 1. The molecular formula is C19H22Cl3NO3. The number of rotatable bonds is 10. The third-order valence-electron chi connectivity index (χ3n) is 3.59. The molecule has 0 unspecified atom stereocenters. The molecule has 1 N–H and O–H groups in total. The molecule has 0 radical (unpaired) electrons. The van der Waals surface area contributed by atoms with Crippen molar-refractivity contribution in [2.75, 3.05) is 26.9 Å². The highest BCUT2D eigenvalue weighted by atomic mass is 35.5. The summed E-state index contributed by atoms with van der Waals surface area (Å²) in [7, 11) is 1.67. The molecule has 0 aliphatic heterocycles. The maximum atomic E-state index is 6.40. The summed E-state index contributed by atoms with van der Waals surface area (Å²) in [4.78, 5) is 0. The van der Waals surface area contributed by atoms with E-state index in [-0.39, 0.29) is 0 Å². The zero-order chi connectivity index (χ0) is 18.9. The quantitative estimate of drug-likeness (QED) is 0.527. The molecule has 0 spiro atoms. The van der Waals surface area contributed by atoms with Gasteiger partial charge in [-0.15, -0.1) is 0 Å². The first-order valence-electron chi connectivity index (χ1n) is 8.26. The fourth-order valence-electron chi connectivity index (χ4n) is 2.28. The Balaban J connectivity index is 2.10. The van der Waals surface area contributed by atoms with Crippen LogP contribution in [0, 0.1) is 0 Å². The topological polar surface area (TPSA) is 39.7 Å². The van der Waals surface area contributed by atoms with Gasteiger partial charge < -0.3 is 19.5 Å². The van der Waals surface area contributed by atoms with Gasteiger partial charge >= 0.3 is 0 Å². The Bertz CT molecular complexity index is 725. The zero-order valence-electron chi connectivity index (χ0n) is 14.8. The number of nitrogens with one attached hydrogen (secondary N) is 1. The van der Waals surface area contributed by atoms with Crippen LogP contribution in [0.2, 0.25) is 15.1 Å². The molecule has 26 heavy (non-hydrogen) atoms. The van der Waals surface area contributed by atoms with E-state index in [0.29, 0.717) is 52.9 Å². The third kappa shape index (κ3) is 6.22. The van der Waals surface area contributed by atoms with E-state index < -0.39 is 0 Å². The van der Waals surface area contributed by atoms with Crippen molar-refractivity contribution in [3.05, 3.63) is 56.5 Å². The van der Waals surface area contributed by atoms with Crippen LogP contribution in [-0.4, -0.2) is 26.9 Å². The van der Waals surface area contributed by atoms with Crippen molar-refractivity contribution in [3.63, 3.8) is 0 Å². The molecule has 0 amide bonds. The van der Waals surface area contributed by atoms with E-state index in [1.165, 1.54) is 0 Å². The minimum atomic E-state index is 0.332. The maximum absolute atomic E-state index is 6.40. The molecule has 4 nitrogen and oxygen atoms in total. The predicted molar refractivity (Wildman–Crippen MR) is 107 cm³/mol. The maximum Gasteiger partial charge on any atom is 0.163 e. The highest BCUT2D eigenvalue weighted by Gasteiger charge is 2.12. The number of methoxy groups -OCH3 is 1. The van der Waals surface area contributed by atoms with Crippen molar-refractivity contribution in [3.8, 4) is 11.5 Å². The van der Waals surface area contributed by atoms with Crippen LogP contribution >= 0.6 is 34.8 Å². The monoisotopic (exact) mass is 417 g/mol. The van der Waals surface area contributed by atoms with Crippen molar-refractivity contribution in [1.82, 2.24) is 5.32 Å². The Labute approximate surface area is 169 Å². The molecule has 0 saturated heterocycles. The van der Waals surface area contributed by atoms with Crippen molar-refractivity contribution in [2.24, 2.45) is 0 Å². The molecule has 142 valence electrons. The van der Waals surface area contributed by atoms with Crippen LogP contribution in [0.4, 0.5) is 0 Å². The Morgan fingerprint density at radius 1 is 0.923 bits per heavy atom. The second-order valence-corrected chi connectivity index (χ2v) is 6.75. The van der Waals surface area contributed by atoms with Crippen LogP contribution in [0.1, 0.15) is 18.1 Å². The summed E-state index contributed by atoms with van der Waals surface area (Å²) in [6.07, 6.45) is 0. The lowest BCUT2D eigenvalue weighted by molar-refractivity contribution is 0.199. The predicted octanol–water partition coefficient (Wildman–Crippen LogP) is 5.36. The van der Waals surface area contributed by atoms with Gasteiger partial charge in [-0.3, -0.25) is 0 Å². The fraction of sp³-hybridized carbons (Fsp3) is 0.368. The van der Waals surface area contributed by atoms with E-state index >= 15 is 0 Å². The van der Waals surface area contributed by atoms with Gasteiger partial charge in [-0.1, -0.05) is 40.9 Å². The molecule has 0 aliphatic rings. The molecule has 0 heterocycles. The lowest BCUT2D eigenvalue weighted by Gasteiger charge is -2.15. The summed E-state index contributed by atoms with van der Waals surface area (Å²) in [6.45, 7) is 4.79. The third-order valence-corrected chi connectivity index (χ3v) is 4.68. The van der Waals surface area contributed by atoms with Crippen LogP contribution in [0.3, 0.4) is 0 Å². The van der Waals surface area contributed by atoms with Gasteiger partial charge in [-0.25, -0.2) is 0 Å². The Kier molecular flexibility index (Phi) is 8.82. The molecule has 7 heteroatoms. The molecule has 2 rings (SSSR count). The lowest BCUT2D eigenvalue weighted by atomic mass is 10.2. The van der Waals surface area contributed by atoms with E-state index in [4.69, 9.17) is 49.0 Å². The first kappa shape index (κ1) is 21.1. The smallest absolute Gasteiger partial charge is 0.163 e. The summed E-state index contributed by atoms with van der Waals surface area (Å²) >= 11 is 18.4. The molecule has 0 aromatic heterocycles. The molecule has 2 aromatic rings. The van der Waals surface area contributed by atoms with Gasteiger partial charge in [-0.05, 0) is 36.2 Å². The second kappa shape index (κ2) is 10.9. The minimum absolute atomic E-state index is 0.332. The first-order valence-corrected chi connectivity index (χ1v) is 9.40. The van der Waals surface area contributed by atoms with Gasteiger partial charge in [-0.2, -0.15) is 0 Å². The standard InChI is InChI=1S/C19H22Cl3NO3/c1-3-25-18-9-14(11-23-6-7-24-2)16(21)10-19(18)26-12-13-4-5-15(20)17(22)8-13/h4-5,8-10,23H,3,6-7,11-12H2,1-2H3. The summed E-state index contributed by atoms with van der Waals surface area (Å²) in [5.41, 5.74) is 1.84. The van der Waals surface area contributed by atoms with Gasteiger partial charge in [0.15, 0.2) is 11.5 Å². The second-order valence-electron chi connectivity index (χ2n) is 5.53. The summed E-state index contributed by atoms with van der Waals surface area (Å²) in [5.74, 6) is 1.24. The molecular weight excluding hydrogens is 397 g/mol. The average Bonchev–Trinajstić information content (AvgIpc) is 2.62. The molecule has 0 fully saturated rings. The van der Waals surface area contributed by atoms with E-state index in [9.17, 15) is 0 Å². The molecule has 0 bridgehead atoms. The SMILES string of the molecule is CCOc1cc(CNCCOC)c(Cl)cc1OCc1ccc(Cl)c(Cl)c1. The molecule has 0 aliphatic carbocycles. The van der Waals surface area contributed by atoms with Crippen molar-refractivity contribution >= 4 is 34.8 Å². The van der Waals surface area contributed by atoms with Gasteiger partial charge in [0.25, 0.3) is 0 Å². The van der Waals surface area contributed by atoms with Gasteiger partial charge in [0.1, 0.15) is 6.61 Å². The fourth-order valence-corrected chi connectivity index (χ4v) is 2.82. The van der Waals surface area contributed by atoms with Crippen LogP contribution in [0.25, 0.3) is 0 Å². The normalized spacial score (nSPS) is 10.8. The highest BCUT2D eigenvalue weighted by Crippen LogP contribution is 2.34. The number of benzene rings is 2.